The largest absolute Gasteiger partial charge is 0.494 e. The van der Waals surface area contributed by atoms with Gasteiger partial charge in [0.25, 0.3) is 11.8 Å². The maximum absolute atomic E-state index is 12.6. The van der Waals surface area contributed by atoms with Crippen LogP contribution < -0.4 is 24.8 Å². The van der Waals surface area contributed by atoms with Crippen molar-refractivity contribution in [1.29, 1.82) is 0 Å². The first-order valence-corrected chi connectivity index (χ1v) is 9.98. The number of halogens is 1. The first-order chi connectivity index (χ1) is 15.0. The second-order valence-corrected chi connectivity index (χ2v) is 7.09. The van der Waals surface area contributed by atoms with Gasteiger partial charge in [-0.05, 0) is 67.6 Å². The number of ether oxygens (including phenoxy) is 3. The first kappa shape index (κ1) is 20.6. The first-order valence-electron chi connectivity index (χ1n) is 9.60. The van der Waals surface area contributed by atoms with Crippen LogP contribution in [-0.4, -0.2) is 25.0 Å². The molecule has 7 nitrogen and oxygen atoms in total. The number of hydrogen-bond donors (Lipinski definition) is 2. The Kier molecular flexibility index (Phi) is 5.95. The lowest BCUT2D eigenvalue weighted by Crippen LogP contribution is -2.20. The third kappa shape index (κ3) is 4.90. The van der Waals surface area contributed by atoms with Crippen LogP contribution >= 0.6 is 11.6 Å². The summed E-state index contributed by atoms with van der Waals surface area (Å²) in [6, 6.07) is 16.8. The second kappa shape index (κ2) is 8.97. The highest BCUT2D eigenvalue weighted by molar-refractivity contribution is 6.31. The van der Waals surface area contributed by atoms with Crippen molar-refractivity contribution < 1.29 is 23.8 Å². The molecule has 0 unspecified atom stereocenters. The normalized spacial score (nSPS) is 11.9. The molecule has 31 heavy (non-hydrogen) atoms. The summed E-state index contributed by atoms with van der Waals surface area (Å²) in [4.78, 5) is 24.9. The molecule has 4 rings (SSSR count). The van der Waals surface area contributed by atoms with Gasteiger partial charge in [0.1, 0.15) is 17.2 Å². The van der Waals surface area contributed by atoms with E-state index in [-0.39, 0.29) is 24.0 Å². The highest BCUT2D eigenvalue weighted by Gasteiger charge is 2.21. The quantitative estimate of drug-likeness (QED) is 0.558. The van der Waals surface area contributed by atoms with Crippen molar-refractivity contribution in [3.8, 4) is 23.0 Å². The predicted molar refractivity (Wildman–Crippen MR) is 118 cm³/mol. The molecule has 2 amide bonds. The SMILES string of the molecule is CCOc1ccc(OCC(=O)Nc2ccc3c(c2)C(=O)Nc2cc(Cl)ccc2O3)cc1. The van der Waals surface area contributed by atoms with Crippen LogP contribution in [-0.2, 0) is 4.79 Å². The maximum atomic E-state index is 12.6. The molecular weight excluding hydrogens is 420 g/mol. The Balaban J connectivity index is 1.41. The van der Waals surface area contributed by atoms with E-state index in [0.29, 0.717) is 40.3 Å². The molecule has 1 heterocycles. The van der Waals surface area contributed by atoms with Crippen molar-refractivity contribution in [2.45, 2.75) is 6.92 Å². The molecule has 8 heteroatoms. The molecular formula is C23H19ClN2O5. The zero-order valence-corrected chi connectivity index (χ0v) is 17.4. The average Bonchev–Trinajstić information content (AvgIpc) is 2.89. The van der Waals surface area contributed by atoms with Crippen molar-refractivity contribution in [2.24, 2.45) is 0 Å². The van der Waals surface area contributed by atoms with E-state index in [2.05, 4.69) is 10.6 Å². The van der Waals surface area contributed by atoms with Gasteiger partial charge in [0.15, 0.2) is 12.4 Å². The number of nitrogens with one attached hydrogen (secondary N) is 2. The number of rotatable bonds is 6. The predicted octanol–water partition coefficient (Wildman–Crippen LogP) is 5.11. The molecule has 2 N–H and O–H groups in total. The second-order valence-electron chi connectivity index (χ2n) is 6.65. The topological polar surface area (TPSA) is 85.9 Å². The van der Waals surface area contributed by atoms with Crippen LogP contribution in [0, 0.1) is 0 Å². The standard InChI is InChI=1S/C23H19ClN2O5/c1-2-29-16-5-7-17(8-6-16)30-13-22(27)25-15-4-10-20-18(12-15)23(28)26-19-11-14(24)3-9-21(19)31-20/h3-12H,2,13H2,1H3,(H,25,27)(H,26,28). The Labute approximate surface area is 183 Å². The van der Waals surface area contributed by atoms with E-state index < -0.39 is 0 Å². The van der Waals surface area contributed by atoms with E-state index in [4.69, 9.17) is 25.8 Å². The van der Waals surface area contributed by atoms with Gasteiger partial charge in [-0.3, -0.25) is 9.59 Å². The molecule has 0 spiro atoms. The average molecular weight is 439 g/mol. The monoisotopic (exact) mass is 438 g/mol. The highest BCUT2D eigenvalue weighted by atomic mass is 35.5. The van der Waals surface area contributed by atoms with Crippen LogP contribution in [0.3, 0.4) is 0 Å². The smallest absolute Gasteiger partial charge is 0.262 e. The van der Waals surface area contributed by atoms with Crippen molar-refractivity contribution in [3.63, 3.8) is 0 Å². The molecule has 0 bridgehead atoms. The lowest BCUT2D eigenvalue weighted by Gasteiger charge is -2.11. The molecule has 0 saturated heterocycles. The lowest BCUT2D eigenvalue weighted by molar-refractivity contribution is -0.118. The summed E-state index contributed by atoms with van der Waals surface area (Å²) in [5, 5.41) is 5.96. The van der Waals surface area contributed by atoms with Crippen LogP contribution in [0.15, 0.2) is 60.7 Å². The van der Waals surface area contributed by atoms with Crippen molar-refractivity contribution in [3.05, 3.63) is 71.2 Å². The highest BCUT2D eigenvalue weighted by Crippen LogP contribution is 2.37. The zero-order valence-electron chi connectivity index (χ0n) is 16.6. The zero-order chi connectivity index (χ0) is 21.8. The molecule has 0 fully saturated rings. The molecule has 158 valence electrons. The molecule has 0 aliphatic carbocycles. The number of hydrogen-bond acceptors (Lipinski definition) is 5. The van der Waals surface area contributed by atoms with Crippen LogP contribution in [0.2, 0.25) is 5.02 Å². The summed E-state index contributed by atoms with van der Waals surface area (Å²) >= 11 is 5.99. The van der Waals surface area contributed by atoms with Crippen molar-refractivity contribution in [2.75, 3.05) is 23.8 Å². The summed E-state index contributed by atoms with van der Waals surface area (Å²) in [6.07, 6.45) is 0. The number of anilines is 2. The minimum absolute atomic E-state index is 0.183. The fourth-order valence-corrected chi connectivity index (χ4v) is 3.19. The fraction of sp³-hybridized carbons (Fsp3) is 0.130. The molecule has 1 aliphatic heterocycles. The van der Waals surface area contributed by atoms with Gasteiger partial charge >= 0.3 is 0 Å². The van der Waals surface area contributed by atoms with E-state index in [0.717, 1.165) is 5.75 Å². The number of carbonyl (C=O) groups is 2. The minimum atomic E-state index is -0.363. The minimum Gasteiger partial charge on any atom is -0.494 e. The lowest BCUT2D eigenvalue weighted by atomic mass is 10.1. The molecule has 0 saturated carbocycles. The van der Waals surface area contributed by atoms with E-state index in [1.54, 1.807) is 60.7 Å². The van der Waals surface area contributed by atoms with E-state index in [1.807, 2.05) is 6.92 Å². The fourth-order valence-electron chi connectivity index (χ4n) is 3.02. The Morgan fingerprint density at radius 2 is 1.71 bits per heavy atom. The van der Waals surface area contributed by atoms with Crippen LogP contribution in [0.25, 0.3) is 0 Å². The maximum Gasteiger partial charge on any atom is 0.262 e. The van der Waals surface area contributed by atoms with Gasteiger partial charge < -0.3 is 24.8 Å². The van der Waals surface area contributed by atoms with Gasteiger partial charge in [-0.25, -0.2) is 0 Å². The van der Waals surface area contributed by atoms with Gasteiger partial charge in [-0.15, -0.1) is 0 Å². The summed E-state index contributed by atoms with van der Waals surface area (Å²) in [7, 11) is 0. The number of amides is 2. The van der Waals surface area contributed by atoms with Gasteiger partial charge in [0, 0.05) is 10.7 Å². The van der Waals surface area contributed by atoms with Crippen molar-refractivity contribution in [1.82, 2.24) is 0 Å². The molecule has 3 aromatic carbocycles. The van der Waals surface area contributed by atoms with Gasteiger partial charge in [0.05, 0.1) is 17.9 Å². The van der Waals surface area contributed by atoms with E-state index in [1.165, 1.54) is 0 Å². The molecule has 0 atom stereocenters. The van der Waals surface area contributed by atoms with Gasteiger partial charge in [-0.2, -0.15) is 0 Å². The third-order valence-electron chi connectivity index (χ3n) is 4.42. The van der Waals surface area contributed by atoms with Crippen LogP contribution in [0.1, 0.15) is 17.3 Å². The van der Waals surface area contributed by atoms with Crippen molar-refractivity contribution >= 4 is 34.8 Å². The molecule has 0 aromatic heterocycles. The summed E-state index contributed by atoms with van der Waals surface area (Å²) in [5.41, 5.74) is 1.21. The molecule has 1 aliphatic rings. The van der Waals surface area contributed by atoms with Crippen LogP contribution in [0.4, 0.5) is 11.4 Å². The number of fused-ring (bicyclic) bond motifs is 2. The Morgan fingerprint density at radius 1 is 1.00 bits per heavy atom. The molecule has 3 aromatic rings. The molecule has 0 radical (unpaired) electrons. The number of benzene rings is 3. The van der Waals surface area contributed by atoms with Gasteiger partial charge in [0.2, 0.25) is 0 Å². The van der Waals surface area contributed by atoms with Crippen LogP contribution in [0.5, 0.6) is 23.0 Å². The Bertz CT molecular complexity index is 1130. The van der Waals surface area contributed by atoms with E-state index in [9.17, 15) is 9.59 Å². The summed E-state index contributed by atoms with van der Waals surface area (Å²) in [6.45, 7) is 2.30. The summed E-state index contributed by atoms with van der Waals surface area (Å²) in [5.74, 6) is 1.41. The number of carbonyl (C=O) groups excluding carboxylic acids is 2. The third-order valence-corrected chi connectivity index (χ3v) is 4.66. The Morgan fingerprint density at radius 3 is 2.45 bits per heavy atom. The summed E-state index contributed by atoms with van der Waals surface area (Å²) < 4.78 is 16.7. The van der Waals surface area contributed by atoms with Gasteiger partial charge in [-0.1, -0.05) is 11.6 Å². The Hall–Kier alpha value is -3.71. The van der Waals surface area contributed by atoms with E-state index >= 15 is 0 Å².